The molecule has 0 fully saturated rings. The minimum atomic E-state index is -3.63. The van der Waals surface area contributed by atoms with Gasteiger partial charge in [0, 0.05) is 24.5 Å². The molecule has 3 aromatic rings. The van der Waals surface area contributed by atoms with Gasteiger partial charge < -0.3 is 26.6 Å². The van der Waals surface area contributed by atoms with Gasteiger partial charge in [-0.25, -0.2) is 17.7 Å². The molecule has 13 nitrogen and oxygen atoms in total. The normalized spacial score (nSPS) is 14.2. The number of benzene rings is 2. The molecule has 0 aliphatic rings. The van der Waals surface area contributed by atoms with E-state index in [1.165, 1.54) is 31.5 Å². The minimum Gasteiger partial charge on any atom is -0.390 e. The fraction of sp³-hybridized carbons (Fsp3) is 0.387. The molecule has 0 saturated heterocycles. The highest BCUT2D eigenvalue weighted by Crippen LogP contribution is 2.24. The maximum absolute atomic E-state index is 13.7. The summed E-state index contributed by atoms with van der Waals surface area (Å²) < 4.78 is 24.7. The number of nitrogens with one attached hydrogen (secondary N) is 2. The van der Waals surface area contributed by atoms with Crippen LogP contribution in [0.15, 0.2) is 53.9 Å². The van der Waals surface area contributed by atoms with Gasteiger partial charge in [-0.1, -0.05) is 57.2 Å². The van der Waals surface area contributed by atoms with Crippen LogP contribution in [0, 0.1) is 11.8 Å². The Morgan fingerprint density at radius 1 is 1.00 bits per heavy atom. The highest BCUT2D eigenvalue weighted by Gasteiger charge is 2.35. The van der Waals surface area contributed by atoms with Crippen LogP contribution in [0.5, 0.6) is 0 Å². The van der Waals surface area contributed by atoms with Gasteiger partial charge >= 0.3 is 0 Å². The molecule has 0 aliphatic carbocycles. The van der Waals surface area contributed by atoms with Crippen LogP contribution in [0.4, 0.5) is 5.13 Å². The standard InChI is InChI=1S/C31H39N5O8S2/c1-17(2)15-33-29(41)18(3)25(37)27(39)23(13-19-9-7-6-8-10-19)34-30(42)22-14-20(11-12-21(22)28(32)40)26(38)24-16-45-31(35-24)36(4)46(5,43)44/h6-12,14,16-18,23,25,27,37,39H,13,15H2,1-5H3,(H2,32,40)(H,33,41)(H,34,42)/t18-,23+,25-,27-/m1/s1. The van der Waals surface area contributed by atoms with Crippen LogP contribution in [0.3, 0.4) is 0 Å². The van der Waals surface area contributed by atoms with Crippen molar-refractivity contribution < 1.29 is 37.8 Å². The van der Waals surface area contributed by atoms with Crippen LogP contribution >= 0.6 is 11.3 Å². The lowest BCUT2D eigenvalue weighted by Crippen LogP contribution is -2.53. The van der Waals surface area contributed by atoms with E-state index >= 15 is 0 Å². The van der Waals surface area contributed by atoms with Gasteiger partial charge in [-0.05, 0) is 30.0 Å². The average Bonchev–Trinajstić information content (AvgIpc) is 3.51. The monoisotopic (exact) mass is 673 g/mol. The minimum absolute atomic E-state index is 0.0374. The molecule has 0 radical (unpaired) electrons. The molecule has 1 aromatic heterocycles. The molecule has 0 spiro atoms. The molecule has 15 heteroatoms. The molecular formula is C31H39N5O8S2. The van der Waals surface area contributed by atoms with Gasteiger partial charge in [0.25, 0.3) is 5.91 Å². The molecule has 0 aliphatic heterocycles. The number of hydrogen-bond donors (Lipinski definition) is 5. The number of primary amides is 1. The first kappa shape index (κ1) is 36.3. The highest BCUT2D eigenvalue weighted by molar-refractivity contribution is 7.92. The van der Waals surface area contributed by atoms with Crippen LogP contribution in [-0.4, -0.2) is 85.2 Å². The number of thiazole rings is 1. The number of sulfonamides is 1. The first-order chi connectivity index (χ1) is 21.5. The fourth-order valence-electron chi connectivity index (χ4n) is 4.42. The number of aliphatic hydroxyl groups is 2. The van der Waals surface area contributed by atoms with E-state index in [-0.39, 0.29) is 39.9 Å². The Kier molecular flexibility index (Phi) is 12.2. The number of ketones is 1. The van der Waals surface area contributed by atoms with Crippen LogP contribution in [0.25, 0.3) is 0 Å². The van der Waals surface area contributed by atoms with Crippen LogP contribution in [-0.2, 0) is 21.2 Å². The molecule has 3 amide bonds. The SMILES string of the molecule is CC(C)CNC(=O)[C@H](C)[C@@H](O)[C@H](O)[C@H](Cc1ccccc1)NC(=O)c1cc(C(=O)c2csc(N(C)S(C)(=O)=O)n2)ccc1C(N)=O. The van der Waals surface area contributed by atoms with Gasteiger partial charge in [0.2, 0.25) is 27.6 Å². The van der Waals surface area contributed by atoms with Crippen molar-refractivity contribution >= 4 is 50.0 Å². The molecule has 0 unspecified atom stereocenters. The molecule has 3 rings (SSSR count). The number of hydrogen-bond acceptors (Lipinski definition) is 10. The number of rotatable bonds is 15. The number of aromatic nitrogens is 1. The molecule has 1 heterocycles. The van der Waals surface area contributed by atoms with Gasteiger partial charge in [-0.15, -0.1) is 11.3 Å². The first-order valence-electron chi connectivity index (χ1n) is 14.4. The Balaban J connectivity index is 1.94. The van der Waals surface area contributed by atoms with E-state index in [1.54, 1.807) is 30.3 Å². The van der Waals surface area contributed by atoms with E-state index in [9.17, 15) is 37.8 Å². The summed E-state index contributed by atoms with van der Waals surface area (Å²) in [6, 6.07) is 11.3. The Bertz CT molecular complexity index is 1680. The third-order valence-electron chi connectivity index (χ3n) is 7.27. The van der Waals surface area contributed by atoms with Gasteiger partial charge in [-0.3, -0.25) is 19.2 Å². The van der Waals surface area contributed by atoms with Crippen molar-refractivity contribution in [1.82, 2.24) is 15.6 Å². The third-order valence-corrected chi connectivity index (χ3v) is 9.47. The topological polar surface area (TPSA) is 209 Å². The van der Waals surface area contributed by atoms with E-state index in [0.29, 0.717) is 12.1 Å². The van der Waals surface area contributed by atoms with E-state index in [1.807, 2.05) is 13.8 Å². The average molecular weight is 674 g/mol. The Hall–Kier alpha value is -4.18. The van der Waals surface area contributed by atoms with Gasteiger partial charge in [0.05, 0.1) is 35.4 Å². The highest BCUT2D eigenvalue weighted by atomic mass is 32.2. The van der Waals surface area contributed by atoms with E-state index in [4.69, 9.17) is 5.73 Å². The summed E-state index contributed by atoms with van der Waals surface area (Å²) >= 11 is 0.931. The lowest BCUT2D eigenvalue weighted by atomic mass is 9.90. The number of carbonyl (C=O) groups excluding carboxylic acids is 4. The number of aliphatic hydroxyl groups excluding tert-OH is 2. The zero-order valence-electron chi connectivity index (χ0n) is 26.1. The zero-order valence-corrected chi connectivity index (χ0v) is 27.8. The molecule has 6 N–H and O–H groups in total. The van der Waals surface area contributed by atoms with E-state index in [2.05, 4.69) is 15.6 Å². The van der Waals surface area contributed by atoms with Crippen molar-refractivity contribution in [2.45, 2.75) is 45.4 Å². The van der Waals surface area contributed by atoms with Crippen molar-refractivity contribution in [3.8, 4) is 0 Å². The van der Waals surface area contributed by atoms with Crippen LogP contribution in [0.2, 0.25) is 0 Å². The molecule has 0 saturated carbocycles. The van der Waals surface area contributed by atoms with Gasteiger partial charge in [0.1, 0.15) is 11.8 Å². The van der Waals surface area contributed by atoms with Crippen LogP contribution < -0.4 is 20.7 Å². The molecule has 46 heavy (non-hydrogen) atoms. The smallest absolute Gasteiger partial charge is 0.252 e. The molecule has 248 valence electrons. The predicted octanol–water partition coefficient (Wildman–Crippen LogP) is 1.34. The maximum atomic E-state index is 13.7. The summed E-state index contributed by atoms with van der Waals surface area (Å²) in [5.41, 5.74) is 5.64. The lowest BCUT2D eigenvalue weighted by Gasteiger charge is -2.31. The first-order valence-corrected chi connectivity index (χ1v) is 17.1. The molecular weight excluding hydrogens is 635 g/mol. The number of amides is 3. The van der Waals surface area contributed by atoms with Crippen LogP contribution in [0.1, 0.15) is 63.1 Å². The van der Waals surface area contributed by atoms with E-state index in [0.717, 1.165) is 28.0 Å². The maximum Gasteiger partial charge on any atom is 0.252 e. The second-order valence-corrected chi connectivity index (χ2v) is 14.2. The largest absolute Gasteiger partial charge is 0.390 e. The summed E-state index contributed by atoms with van der Waals surface area (Å²) in [6.07, 6.45) is -2.16. The third kappa shape index (κ3) is 9.19. The van der Waals surface area contributed by atoms with Crippen molar-refractivity contribution in [2.75, 3.05) is 24.2 Å². The predicted molar refractivity (Wildman–Crippen MR) is 174 cm³/mol. The van der Waals surface area contributed by atoms with E-state index < -0.39 is 57.7 Å². The second-order valence-electron chi connectivity index (χ2n) is 11.4. The summed E-state index contributed by atoms with van der Waals surface area (Å²) in [7, 11) is -2.33. The number of carbonyl (C=O) groups is 4. The summed E-state index contributed by atoms with van der Waals surface area (Å²) in [4.78, 5) is 56.1. The molecule has 2 aromatic carbocycles. The van der Waals surface area contributed by atoms with Crippen molar-refractivity contribution in [3.05, 3.63) is 81.9 Å². The quantitative estimate of drug-likeness (QED) is 0.147. The lowest BCUT2D eigenvalue weighted by molar-refractivity contribution is -0.131. The number of nitrogens with zero attached hydrogens (tertiary/aromatic N) is 2. The van der Waals surface area contributed by atoms with Crippen molar-refractivity contribution in [2.24, 2.45) is 17.6 Å². The van der Waals surface area contributed by atoms with Crippen molar-refractivity contribution in [1.29, 1.82) is 0 Å². The summed E-state index contributed by atoms with van der Waals surface area (Å²) in [5.74, 6) is -3.81. The Morgan fingerprint density at radius 3 is 2.24 bits per heavy atom. The van der Waals surface area contributed by atoms with Gasteiger partial charge in [-0.2, -0.15) is 0 Å². The molecule has 4 atom stereocenters. The fourth-order valence-corrected chi connectivity index (χ4v) is 5.95. The van der Waals surface area contributed by atoms with Crippen molar-refractivity contribution in [3.63, 3.8) is 0 Å². The second kappa shape index (κ2) is 15.4. The Morgan fingerprint density at radius 2 is 1.65 bits per heavy atom. The summed E-state index contributed by atoms with van der Waals surface area (Å²) in [6.45, 7) is 5.66. The number of nitrogens with two attached hydrogens (primary N) is 1. The Labute approximate surface area is 271 Å². The summed E-state index contributed by atoms with van der Waals surface area (Å²) in [5, 5.41) is 29.1. The number of anilines is 1. The molecule has 0 bridgehead atoms. The van der Waals surface area contributed by atoms with Gasteiger partial charge in [0.15, 0.2) is 5.13 Å². The zero-order chi connectivity index (χ0) is 34.3.